The highest BCUT2D eigenvalue weighted by molar-refractivity contribution is 5.77. The Bertz CT molecular complexity index is 153. The standard InChI is InChI=1S/C6H10N2O/c1-4-2-5(3-8-4)6(7)9/h5,8H,1-3H2,(H2,7,9). The molecule has 0 aliphatic carbocycles. The van der Waals surface area contributed by atoms with Crippen LogP contribution in [0.2, 0.25) is 0 Å². The number of nitrogens with two attached hydrogens (primary N) is 1. The normalized spacial score (nSPS) is 25.8. The van der Waals surface area contributed by atoms with E-state index in [2.05, 4.69) is 11.9 Å². The Kier molecular flexibility index (Phi) is 1.42. The third kappa shape index (κ3) is 1.22. The Balaban J connectivity index is 2.48. The van der Waals surface area contributed by atoms with Crippen molar-refractivity contribution >= 4 is 5.91 Å². The molecule has 1 fully saturated rings. The van der Waals surface area contributed by atoms with Gasteiger partial charge in [-0.15, -0.1) is 0 Å². The molecule has 0 bridgehead atoms. The number of primary amides is 1. The van der Waals surface area contributed by atoms with Crippen molar-refractivity contribution in [1.29, 1.82) is 0 Å². The summed E-state index contributed by atoms with van der Waals surface area (Å²) in [4.78, 5) is 10.5. The second-order valence-electron chi connectivity index (χ2n) is 2.29. The molecule has 3 nitrogen and oxygen atoms in total. The number of rotatable bonds is 1. The molecule has 0 radical (unpaired) electrons. The summed E-state index contributed by atoms with van der Waals surface area (Å²) in [6, 6.07) is 0. The molecule has 1 aliphatic rings. The van der Waals surface area contributed by atoms with Crippen LogP contribution in [0.3, 0.4) is 0 Å². The zero-order valence-electron chi connectivity index (χ0n) is 5.18. The molecule has 0 saturated carbocycles. The number of amides is 1. The molecule has 0 aromatic rings. The van der Waals surface area contributed by atoms with Crippen molar-refractivity contribution in [2.75, 3.05) is 6.54 Å². The summed E-state index contributed by atoms with van der Waals surface area (Å²) in [5, 5.41) is 2.96. The highest BCUT2D eigenvalue weighted by Gasteiger charge is 2.21. The Morgan fingerprint density at radius 1 is 1.89 bits per heavy atom. The van der Waals surface area contributed by atoms with Crippen molar-refractivity contribution in [3.8, 4) is 0 Å². The van der Waals surface area contributed by atoms with Gasteiger partial charge in [0.15, 0.2) is 0 Å². The van der Waals surface area contributed by atoms with E-state index >= 15 is 0 Å². The van der Waals surface area contributed by atoms with Gasteiger partial charge in [0.2, 0.25) is 5.91 Å². The second kappa shape index (κ2) is 2.09. The van der Waals surface area contributed by atoms with Crippen molar-refractivity contribution in [2.24, 2.45) is 11.7 Å². The maximum Gasteiger partial charge on any atom is 0.222 e. The van der Waals surface area contributed by atoms with E-state index in [-0.39, 0.29) is 11.8 Å². The molecule has 1 heterocycles. The number of nitrogens with one attached hydrogen (secondary N) is 1. The van der Waals surface area contributed by atoms with Gasteiger partial charge in [-0.25, -0.2) is 0 Å². The van der Waals surface area contributed by atoms with Gasteiger partial charge in [0, 0.05) is 12.2 Å². The average Bonchev–Trinajstić information content (AvgIpc) is 2.14. The lowest BCUT2D eigenvalue weighted by molar-refractivity contribution is -0.121. The summed E-state index contributed by atoms with van der Waals surface area (Å²) in [6.07, 6.45) is 0.704. The lowest BCUT2D eigenvalue weighted by Crippen LogP contribution is -2.24. The van der Waals surface area contributed by atoms with Crippen LogP contribution in [0.5, 0.6) is 0 Å². The average molecular weight is 126 g/mol. The quantitative estimate of drug-likeness (QED) is 0.502. The highest BCUT2D eigenvalue weighted by atomic mass is 16.1. The zero-order chi connectivity index (χ0) is 6.85. The maximum atomic E-state index is 10.5. The molecular formula is C6H10N2O. The lowest BCUT2D eigenvalue weighted by atomic mass is 10.1. The Labute approximate surface area is 53.9 Å². The lowest BCUT2D eigenvalue weighted by Gasteiger charge is -1.97. The third-order valence-electron chi connectivity index (χ3n) is 1.49. The zero-order valence-corrected chi connectivity index (χ0v) is 5.18. The molecule has 1 aliphatic heterocycles. The van der Waals surface area contributed by atoms with Crippen LogP contribution >= 0.6 is 0 Å². The Morgan fingerprint density at radius 2 is 2.56 bits per heavy atom. The van der Waals surface area contributed by atoms with Gasteiger partial charge < -0.3 is 11.1 Å². The number of carbonyl (C=O) groups is 1. The largest absolute Gasteiger partial charge is 0.388 e. The predicted molar refractivity (Wildman–Crippen MR) is 34.4 cm³/mol. The van der Waals surface area contributed by atoms with E-state index < -0.39 is 0 Å². The number of hydrogen-bond acceptors (Lipinski definition) is 2. The minimum absolute atomic E-state index is 0.0301. The number of hydrogen-bond donors (Lipinski definition) is 2. The number of carbonyl (C=O) groups excluding carboxylic acids is 1. The van der Waals surface area contributed by atoms with Gasteiger partial charge in [-0.05, 0) is 6.42 Å². The summed E-state index contributed by atoms with van der Waals surface area (Å²) >= 11 is 0. The van der Waals surface area contributed by atoms with E-state index in [1.165, 1.54) is 0 Å². The molecule has 3 heteroatoms. The van der Waals surface area contributed by atoms with Crippen LogP contribution in [0.4, 0.5) is 0 Å². The van der Waals surface area contributed by atoms with E-state index in [0.29, 0.717) is 13.0 Å². The van der Waals surface area contributed by atoms with Gasteiger partial charge >= 0.3 is 0 Å². The first-order chi connectivity index (χ1) is 4.20. The molecule has 1 rings (SSSR count). The van der Waals surface area contributed by atoms with Crippen LogP contribution in [0.15, 0.2) is 12.3 Å². The first kappa shape index (κ1) is 6.13. The summed E-state index contributed by atoms with van der Waals surface area (Å²) < 4.78 is 0. The van der Waals surface area contributed by atoms with Crippen molar-refractivity contribution in [3.05, 3.63) is 12.3 Å². The van der Waals surface area contributed by atoms with Crippen molar-refractivity contribution in [3.63, 3.8) is 0 Å². The smallest absolute Gasteiger partial charge is 0.222 e. The van der Waals surface area contributed by atoms with Crippen molar-refractivity contribution in [1.82, 2.24) is 5.32 Å². The monoisotopic (exact) mass is 126 g/mol. The van der Waals surface area contributed by atoms with E-state index in [1.807, 2.05) is 0 Å². The summed E-state index contributed by atoms with van der Waals surface area (Å²) in [5.41, 5.74) is 5.96. The molecule has 9 heavy (non-hydrogen) atoms. The molecule has 1 saturated heterocycles. The molecule has 0 aromatic carbocycles. The van der Waals surface area contributed by atoms with Crippen LogP contribution in [0, 0.1) is 5.92 Å². The summed E-state index contributed by atoms with van der Waals surface area (Å²) in [5.74, 6) is -0.265. The molecule has 50 valence electrons. The molecule has 0 aromatic heterocycles. The molecule has 0 spiro atoms. The van der Waals surface area contributed by atoms with Crippen LogP contribution in [0.25, 0.3) is 0 Å². The first-order valence-corrected chi connectivity index (χ1v) is 2.91. The van der Waals surface area contributed by atoms with Gasteiger partial charge in [-0.1, -0.05) is 6.58 Å². The third-order valence-corrected chi connectivity index (χ3v) is 1.49. The minimum atomic E-state index is -0.235. The summed E-state index contributed by atoms with van der Waals surface area (Å²) in [7, 11) is 0. The first-order valence-electron chi connectivity index (χ1n) is 2.91. The van der Waals surface area contributed by atoms with Crippen LogP contribution in [0.1, 0.15) is 6.42 Å². The van der Waals surface area contributed by atoms with Crippen LogP contribution < -0.4 is 11.1 Å². The highest BCUT2D eigenvalue weighted by Crippen LogP contribution is 2.13. The van der Waals surface area contributed by atoms with Crippen molar-refractivity contribution in [2.45, 2.75) is 6.42 Å². The maximum absolute atomic E-state index is 10.5. The fraction of sp³-hybridized carbons (Fsp3) is 0.500. The fourth-order valence-electron chi connectivity index (χ4n) is 0.910. The SMILES string of the molecule is C=C1CC(C(N)=O)CN1. The van der Waals surface area contributed by atoms with E-state index in [0.717, 1.165) is 5.70 Å². The molecular weight excluding hydrogens is 116 g/mol. The Hall–Kier alpha value is -0.990. The second-order valence-corrected chi connectivity index (χ2v) is 2.29. The van der Waals surface area contributed by atoms with Crippen LogP contribution in [-0.4, -0.2) is 12.5 Å². The molecule has 1 atom stereocenters. The molecule has 3 N–H and O–H groups in total. The minimum Gasteiger partial charge on any atom is -0.388 e. The fourth-order valence-corrected chi connectivity index (χ4v) is 0.910. The van der Waals surface area contributed by atoms with Gasteiger partial charge in [-0.3, -0.25) is 4.79 Å². The van der Waals surface area contributed by atoms with Gasteiger partial charge in [0.1, 0.15) is 0 Å². The van der Waals surface area contributed by atoms with Gasteiger partial charge in [-0.2, -0.15) is 0 Å². The van der Waals surface area contributed by atoms with E-state index in [1.54, 1.807) is 0 Å². The molecule has 1 amide bonds. The van der Waals surface area contributed by atoms with E-state index in [9.17, 15) is 4.79 Å². The predicted octanol–water partition coefficient (Wildman–Crippen LogP) is -0.405. The Morgan fingerprint density at radius 3 is 2.78 bits per heavy atom. The van der Waals surface area contributed by atoms with Crippen molar-refractivity contribution < 1.29 is 4.79 Å². The molecule has 1 unspecified atom stereocenters. The van der Waals surface area contributed by atoms with Gasteiger partial charge in [0.25, 0.3) is 0 Å². The summed E-state index contributed by atoms with van der Waals surface area (Å²) in [6.45, 7) is 4.33. The number of allylic oxidation sites excluding steroid dienone is 1. The van der Waals surface area contributed by atoms with Crippen LogP contribution in [-0.2, 0) is 4.79 Å². The topological polar surface area (TPSA) is 55.1 Å². The van der Waals surface area contributed by atoms with E-state index in [4.69, 9.17) is 5.73 Å². The van der Waals surface area contributed by atoms with Gasteiger partial charge in [0.05, 0.1) is 5.92 Å².